The number of aliphatic hydroxyl groups excluding tert-OH is 1. The SMILES string of the molecule is CO[C@@H]1C[C@H](C(=O)NCc2ccc(C)c(C)c2)CC[C@@H]1O. The lowest BCUT2D eigenvalue weighted by Crippen LogP contribution is -2.41. The third kappa shape index (κ3) is 4.05. The number of rotatable bonds is 4. The third-order valence-corrected chi connectivity index (χ3v) is 4.47. The van der Waals surface area contributed by atoms with E-state index in [1.807, 2.05) is 6.07 Å². The molecule has 4 heteroatoms. The van der Waals surface area contributed by atoms with Crippen molar-refractivity contribution in [2.75, 3.05) is 7.11 Å². The highest BCUT2D eigenvalue weighted by atomic mass is 16.5. The Kier molecular flexibility index (Phi) is 5.37. The van der Waals surface area contributed by atoms with E-state index in [0.717, 1.165) is 12.0 Å². The summed E-state index contributed by atoms with van der Waals surface area (Å²) in [6.45, 7) is 4.71. The molecule has 4 nitrogen and oxygen atoms in total. The van der Waals surface area contributed by atoms with Crippen LogP contribution < -0.4 is 5.32 Å². The molecule has 3 atom stereocenters. The van der Waals surface area contributed by atoms with E-state index in [0.29, 0.717) is 19.4 Å². The summed E-state index contributed by atoms with van der Waals surface area (Å²) in [5.41, 5.74) is 3.61. The summed E-state index contributed by atoms with van der Waals surface area (Å²) < 4.78 is 5.25. The first kappa shape index (κ1) is 16.0. The van der Waals surface area contributed by atoms with E-state index in [-0.39, 0.29) is 17.9 Å². The standard InChI is InChI=1S/C17H25NO3/c1-11-4-5-13(8-12(11)2)10-18-17(20)14-6-7-15(19)16(9-14)21-3/h4-5,8,14-16,19H,6-7,9-10H2,1-3H3,(H,18,20)/t14-,15+,16-/m1/s1. The molecule has 1 amide bonds. The number of carbonyl (C=O) groups is 1. The van der Waals surface area contributed by atoms with Gasteiger partial charge < -0.3 is 15.2 Å². The maximum atomic E-state index is 12.2. The first-order valence-corrected chi connectivity index (χ1v) is 7.56. The van der Waals surface area contributed by atoms with Crippen molar-refractivity contribution in [1.29, 1.82) is 0 Å². The molecule has 1 aliphatic carbocycles. The Labute approximate surface area is 126 Å². The summed E-state index contributed by atoms with van der Waals surface area (Å²) in [6, 6.07) is 6.23. The Hall–Kier alpha value is -1.39. The van der Waals surface area contributed by atoms with E-state index >= 15 is 0 Å². The van der Waals surface area contributed by atoms with Crippen molar-refractivity contribution in [3.05, 3.63) is 34.9 Å². The van der Waals surface area contributed by atoms with Gasteiger partial charge in [0.15, 0.2) is 0 Å². The van der Waals surface area contributed by atoms with E-state index < -0.39 is 6.10 Å². The van der Waals surface area contributed by atoms with Crippen LogP contribution in [0.1, 0.15) is 36.0 Å². The summed E-state index contributed by atoms with van der Waals surface area (Å²) in [6.07, 6.45) is 1.27. The maximum Gasteiger partial charge on any atom is 0.223 e. The number of hydrogen-bond donors (Lipinski definition) is 2. The highest BCUT2D eigenvalue weighted by molar-refractivity contribution is 5.78. The predicted octanol–water partition coefficient (Wildman–Crippen LogP) is 2.10. The summed E-state index contributed by atoms with van der Waals surface area (Å²) in [4.78, 5) is 12.2. The van der Waals surface area contributed by atoms with Crippen molar-refractivity contribution in [1.82, 2.24) is 5.32 Å². The Morgan fingerprint density at radius 2 is 2.10 bits per heavy atom. The van der Waals surface area contributed by atoms with Gasteiger partial charge in [0.1, 0.15) is 0 Å². The summed E-state index contributed by atoms with van der Waals surface area (Å²) >= 11 is 0. The monoisotopic (exact) mass is 291 g/mol. The van der Waals surface area contributed by atoms with Crippen molar-refractivity contribution in [2.45, 2.75) is 51.9 Å². The number of aliphatic hydroxyl groups is 1. The normalized spacial score (nSPS) is 25.6. The number of methoxy groups -OCH3 is 1. The molecule has 116 valence electrons. The van der Waals surface area contributed by atoms with E-state index in [9.17, 15) is 9.90 Å². The van der Waals surface area contributed by atoms with Gasteiger partial charge in [-0.1, -0.05) is 18.2 Å². The van der Waals surface area contributed by atoms with Gasteiger partial charge in [0.05, 0.1) is 12.2 Å². The molecule has 0 bridgehead atoms. The number of benzene rings is 1. The van der Waals surface area contributed by atoms with E-state index in [1.54, 1.807) is 7.11 Å². The maximum absolute atomic E-state index is 12.2. The number of ether oxygens (including phenoxy) is 1. The molecule has 2 N–H and O–H groups in total. The van der Waals surface area contributed by atoms with Crippen LogP contribution in [0, 0.1) is 19.8 Å². The fourth-order valence-corrected chi connectivity index (χ4v) is 2.85. The van der Waals surface area contributed by atoms with Gasteiger partial charge in [-0.3, -0.25) is 4.79 Å². The largest absolute Gasteiger partial charge is 0.390 e. The van der Waals surface area contributed by atoms with Gasteiger partial charge in [-0.15, -0.1) is 0 Å². The summed E-state index contributed by atoms with van der Waals surface area (Å²) in [5.74, 6) is -0.00734. The molecule has 2 rings (SSSR count). The molecule has 0 saturated heterocycles. The van der Waals surface area contributed by atoms with E-state index in [1.165, 1.54) is 11.1 Å². The van der Waals surface area contributed by atoms with Gasteiger partial charge >= 0.3 is 0 Å². The minimum absolute atomic E-state index is 0.0576. The molecule has 0 aromatic heterocycles. The predicted molar refractivity (Wildman–Crippen MR) is 81.9 cm³/mol. The second kappa shape index (κ2) is 7.05. The molecular formula is C17H25NO3. The van der Waals surface area contributed by atoms with Gasteiger partial charge in [-0.05, 0) is 49.8 Å². The fraction of sp³-hybridized carbons (Fsp3) is 0.588. The van der Waals surface area contributed by atoms with Crippen molar-refractivity contribution >= 4 is 5.91 Å². The van der Waals surface area contributed by atoms with E-state index in [4.69, 9.17) is 4.74 Å². The molecule has 21 heavy (non-hydrogen) atoms. The van der Waals surface area contributed by atoms with Crippen molar-refractivity contribution < 1.29 is 14.6 Å². The Morgan fingerprint density at radius 1 is 1.33 bits per heavy atom. The van der Waals surface area contributed by atoms with Crippen LogP contribution in [-0.4, -0.2) is 30.3 Å². The van der Waals surface area contributed by atoms with Crippen LogP contribution in [0.5, 0.6) is 0 Å². The van der Waals surface area contributed by atoms with Crippen LogP contribution in [0.15, 0.2) is 18.2 Å². The molecule has 1 aliphatic rings. The minimum atomic E-state index is -0.446. The van der Waals surface area contributed by atoms with Crippen LogP contribution in [0.4, 0.5) is 0 Å². The Balaban J connectivity index is 1.88. The summed E-state index contributed by atoms with van der Waals surface area (Å²) in [7, 11) is 1.59. The van der Waals surface area contributed by atoms with Crippen molar-refractivity contribution in [3.8, 4) is 0 Å². The number of carbonyl (C=O) groups excluding carboxylic acids is 1. The molecule has 1 fully saturated rings. The van der Waals surface area contributed by atoms with Crippen LogP contribution in [0.3, 0.4) is 0 Å². The molecular weight excluding hydrogens is 266 g/mol. The van der Waals surface area contributed by atoms with E-state index in [2.05, 4.69) is 31.3 Å². The molecule has 1 aromatic rings. The first-order valence-electron chi connectivity index (χ1n) is 7.56. The minimum Gasteiger partial charge on any atom is -0.390 e. The number of hydrogen-bond acceptors (Lipinski definition) is 3. The quantitative estimate of drug-likeness (QED) is 0.893. The van der Waals surface area contributed by atoms with Crippen LogP contribution in [0.2, 0.25) is 0 Å². The lowest BCUT2D eigenvalue weighted by Gasteiger charge is -2.31. The molecule has 1 aromatic carbocycles. The smallest absolute Gasteiger partial charge is 0.223 e. The zero-order chi connectivity index (χ0) is 15.4. The topological polar surface area (TPSA) is 58.6 Å². The molecule has 0 heterocycles. The average Bonchev–Trinajstić information content (AvgIpc) is 2.48. The second-order valence-electron chi connectivity index (χ2n) is 5.99. The highest BCUT2D eigenvalue weighted by Crippen LogP contribution is 2.26. The van der Waals surface area contributed by atoms with Gasteiger partial charge in [-0.25, -0.2) is 0 Å². The molecule has 0 spiro atoms. The Morgan fingerprint density at radius 3 is 2.76 bits per heavy atom. The third-order valence-electron chi connectivity index (χ3n) is 4.47. The number of amides is 1. The molecule has 0 radical (unpaired) electrons. The number of aryl methyl sites for hydroxylation is 2. The zero-order valence-corrected chi connectivity index (χ0v) is 13.1. The average molecular weight is 291 g/mol. The summed E-state index contributed by atoms with van der Waals surface area (Å²) in [5, 5.41) is 12.8. The molecule has 1 saturated carbocycles. The lowest BCUT2D eigenvalue weighted by atomic mass is 9.84. The van der Waals surface area contributed by atoms with Crippen LogP contribution in [-0.2, 0) is 16.1 Å². The number of nitrogens with one attached hydrogen (secondary N) is 1. The first-order chi connectivity index (χ1) is 10.0. The van der Waals surface area contributed by atoms with Crippen LogP contribution in [0.25, 0.3) is 0 Å². The second-order valence-corrected chi connectivity index (χ2v) is 5.99. The Bertz CT molecular complexity index is 501. The van der Waals surface area contributed by atoms with Gasteiger partial charge in [0.2, 0.25) is 5.91 Å². The van der Waals surface area contributed by atoms with Crippen molar-refractivity contribution in [3.63, 3.8) is 0 Å². The zero-order valence-electron chi connectivity index (χ0n) is 13.1. The lowest BCUT2D eigenvalue weighted by molar-refractivity contribution is -0.130. The van der Waals surface area contributed by atoms with Gasteiger partial charge in [0, 0.05) is 19.6 Å². The van der Waals surface area contributed by atoms with Gasteiger partial charge in [0.25, 0.3) is 0 Å². The molecule has 0 unspecified atom stereocenters. The van der Waals surface area contributed by atoms with Gasteiger partial charge in [-0.2, -0.15) is 0 Å². The van der Waals surface area contributed by atoms with Crippen molar-refractivity contribution in [2.24, 2.45) is 5.92 Å². The highest BCUT2D eigenvalue weighted by Gasteiger charge is 2.32. The fourth-order valence-electron chi connectivity index (χ4n) is 2.85. The van der Waals surface area contributed by atoms with Crippen LogP contribution >= 0.6 is 0 Å². The molecule has 0 aliphatic heterocycles.